The maximum absolute atomic E-state index is 11.1. The zero-order valence-corrected chi connectivity index (χ0v) is 8.48. The Kier molecular flexibility index (Phi) is 2.60. The maximum Gasteiger partial charge on any atom is 0.154 e. The van der Waals surface area contributed by atoms with Crippen LogP contribution in [0.4, 0.5) is 0 Å². The molecule has 2 unspecified atom stereocenters. The van der Waals surface area contributed by atoms with Crippen LogP contribution in [0.2, 0.25) is 0 Å². The summed E-state index contributed by atoms with van der Waals surface area (Å²) < 4.78 is 5.41. The molecule has 2 bridgehead atoms. The van der Waals surface area contributed by atoms with Crippen molar-refractivity contribution < 1.29 is 14.6 Å². The van der Waals surface area contributed by atoms with Crippen molar-refractivity contribution in [3.8, 4) is 0 Å². The molecule has 4 heteroatoms. The normalized spacial score (nSPS) is 46.6. The lowest BCUT2D eigenvalue weighted by Crippen LogP contribution is -2.67. The van der Waals surface area contributed by atoms with Gasteiger partial charge >= 0.3 is 0 Å². The van der Waals surface area contributed by atoms with Gasteiger partial charge in [0.25, 0.3) is 0 Å². The molecule has 0 spiro atoms. The number of aldehydes is 1. The molecule has 0 amide bonds. The fraction of sp³-hybridized carbons (Fsp3) is 0.900. The molecule has 3 aliphatic heterocycles. The van der Waals surface area contributed by atoms with E-state index >= 15 is 0 Å². The molecule has 3 aliphatic rings. The molecular formula is C10H17NO3. The van der Waals surface area contributed by atoms with E-state index in [0.29, 0.717) is 5.92 Å². The van der Waals surface area contributed by atoms with Gasteiger partial charge in [-0.2, -0.15) is 0 Å². The van der Waals surface area contributed by atoms with Crippen LogP contribution in [0, 0.1) is 11.8 Å². The van der Waals surface area contributed by atoms with E-state index in [1.807, 2.05) is 0 Å². The topological polar surface area (TPSA) is 49.8 Å². The van der Waals surface area contributed by atoms with Crippen molar-refractivity contribution in [3.63, 3.8) is 0 Å². The third-order valence-electron chi connectivity index (χ3n) is 3.83. The number of methoxy groups -OCH3 is 1. The second-order valence-electron chi connectivity index (χ2n) is 4.19. The lowest BCUT2D eigenvalue weighted by Gasteiger charge is -2.55. The van der Waals surface area contributed by atoms with Crippen LogP contribution in [0.15, 0.2) is 0 Å². The minimum atomic E-state index is -0.733. The minimum absolute atomic E-state index is 0.0938. The van der Waals surface area contributed by atoms with Gasteiger partial charge in [-0.3, -0.25) is 4.90 Å². The Morgan fingerprint density at radius 3 is 2.57 bits per heavy atom. The molecule has 3 rings (SSSR count). The van der Waals surface area contributed by atoms with Crippen molar-refractivity contribution >= 4 is 6.29 Å². The number of carbonyl (C=O) groups excluding carboxylic acids is 1. The highest BCUT2D eigenvalue weighted by molar-refractivity contribution is 5.57. The first-order valence-corrected chi connectivity index (χ1v) is 5.15. The van der Waals surface area contributed by atoms with E-state index in [4.69, 9.17) is 4.74 Å². The van der Waals surface area contributed by atoms with E-state index in [1.165, 1.54) is 0 Å². The first-order valence-electron chi connectivity index (χ1n) is 5.15. The van der Waals surface area contributed by atoms with Crippen LogP contribution in [-0.2, 0) is 9.53 Å². The largest absolute Gasteiger partial charge is 0.392 e. The van der Waals surface area contributed by atoms with Gasteiger partial charge in [-0.25, -0.2) is 0 Å². The smallest absolute Gasteiger partial charge is 0.154 e. The maximum atomic E-state index is 11.1. The number of fused-ring (bicyclic) bond motifs is 3. The SMILES string of the molecule is COC1(CO)C(C=O)C2CCN1CC2. The molecule has 80 valence electrons. The van der Waals surface area contributed by atoms with Gasteiger partial charge in [0.2, 0.25) is 0 Å². The molecule has 0 aromatic rings. The Hall–Kier alpha value is -0.450. The Labute approximate surface area is 83.8 Å². The molecule has 3 heterocycles. The standard InChI is InChI=1S/C10H17NO3/c1-14-10(7-13)9(6-12)8-2-4-11(10)5-3-8/h6,8-9,13H,2-5,7H2,1H3. The first-order chi connectivity index (χ1) is 6.78. The van der Waals surface area contributed by atoms with Crippen molar-refractivity contribution in [2.45, 2.75) is 18.6 Å². The van der Waals surface area contributed by atoms with E-state index in [-0.39, 0.29) is 12.5 Å². The van der Waals surface area contributed by atoms with Gasteiger partial charge in [0.15, 0.2) is 5.72 Å². The van der Waals surface area contributed by atoms with E-state index in [2.05, 4.69) is 4.90 Å². The monoisotopic (exact) mass is 199 g/mol. The van der Waals surface area contributed by atoms with Crippen molar-refractivity contribution in [2.24, 2.45) is 11.8 Å². The van der Waals surface area contributed by atoms with E-state index in [9.17, 15) is 9.90 Å². The molecule has 14 heavy (non-hydrogen) atoms. The number of aliphatic hydroxyl groups is 1. The number of hydrogen-bond acceptors (Lipinski definition) is 4. The Morgan fingerprint density at radius 2 is 2.21 bits per heavy atom. The average molecular weight is 199 g/mol. The highest BCUT2D eigenvalue weighted by atomic mass is 16.5. The summed E-state index contributed by atoms with van der Waals surface area (Å²) >= 11 is 0. The Morgan fingerprint density at radius 1 is 1.57 bits per heavy atom. The number of piperidine rings is 3. The van der Waals surface area contributed by atoms with E-state index in [1.54, 1.807) is 7.11 Å². The molecular weight excluding hydrogens is 182 g/mol. The molecule has 0 radical (unpaired) electrons. The highest BCUT2D eigenvalue weighted by Crippen LogP contribution is 2.43. The van der Waals surface area contributed by atoms with Crippen LogP contribution < -0.4 is 0 Å². The summed E-state index contributed by atoms with van der Waals surface area (Å²) in [5.74, 6) is 0.226. The third kappa shape index (κ3) is 1.14. The molecule has 0 aliphatic carbocycles. The molecule has 4 nitrogen and oxygen atoms in total. The van der Waals surface area contributed by atoms with Crippen molar-refractivity contribution in [3.05, 3.63) is 0 Å². The zero-order chi connectivity index (χ0) is 10.2. The minimum Gasteiger partial charge on any atom is -0.392 e. The predicted molar refractivity (Wildman–Crippen MR) is 50.7 cm³/mol. The third-order valence-corrected chi connectivity index (χ3v) is 3.83. The number of rotatable bonds is 3. The van der Waals surface area contributed by atoms with Crippen molar-refractivity contribution in [1.29, 1.82) is 0 Å². The summed E-state index contributed by atoms with van der Waals surface area (Å²) in [6, 6.07) is 0. The molecule has 0 aromatic carbocycles. The lowest BCUT2D eigenvalue weighted by atomic mass is 9.72. The van der Waals surface area contributed by atoms with Crippen LogP contribution >= 0.6 is 0 Å². The molecule has 3 saturated heterocycles. The van der Waals surface area contributed by atoms with Gasteiger partial charge in [-0.15, -0.1) is 0 Å². The summed E-state index contributed by atoms with van der Waals surface area (Å²) in [6.45, 7) is 1.77. The van der Waals surface area contributed by atoms with Gasteiger partial charge in [-0.1, -0.05) is 0 Å². The number of aliphatic hydroxyl groups excluding tert-OH is 1. The fourth-order valence-corrected chi connectivity index (χ4v) is 2.97. The van der Waals surface area contributed by atoms with Gasteiger partial charge in [0.1, 0.15) is 6.29 Å². The van der Waals surface area contributed by atoms with Gasteiger partial charge in [-0.05, 0) is 18.8 Å². The second-order valence-corrected chi connectivity index (χ2v) is 4.19. The molecule has 1 N–H and O–H groups in total. The Bertz CT molecular complexity index is 219. The first kappa shape index (κ1) is 10.1. The fourth-order valence-electron chi connectivity index (χ4n) is 2.97. The quantitative estimate of drug-likeness (QED) is 0.643. The van der Waals surface area contributed by atoms with E-state index < -0.39 is 5.72 Å². The zero-order valence-electron chi connectivity index (χ0n) is 8.48. The number of ether oxygens (including phenoxy) is 1. The number of hydrogen-bond donors (Lipinski definition) is 1. The summed E-state index contributed by atoms with van der Waals surface area (Å²) in [4.78, 5) is 13.2. The summed E-state index contributed by atoms with van der Waals surface area (Å²) in [5.41, 5.74) is -0.733. The van der Waals surface area contributed by atoms with Gasteiger partial charge in [0, 0.05) is 20.2 Å². The predicted octanol–water partition coefficient (Wildman–Crippen LogP) is -0.138. The lowest BCUT2D eigenvalue weighted by molar-refractivity contribution is -0.240. The second kappa shape index (κ2) is 3.61. The highest BCUT2D eigenvalue weighted by Gasteiger charge is 2.53. The van der Waals surface area contributed by atoms with Crippen LogP contribution in [0.5, 0.6) is 0 Å². The van der Waals surface area contributed by atoms with E-state index in [0.717, 1.165) is 32.2 Å². The van der Waals surface area contributed by atoms with Crippen LogP contribution in [0.25, 0.3) is 0 Å². The van der Waals surface area contributed by atoms with Crippen LogP contribution in [-0.4, -0.2) is 48.8 Å². The van der Waals surface area contributed by atoms with Crippen LogP contribution in [0.3, 0.4) is 0 Å². The molecule has 3 fully saturated rings. The molecule has 0 aromatic heterocycles. The Balaban J connectivity index is 2.31. The average Bonchev–Trinajstić information content (AvgIpc) is 2.29. The summed E-state index contributed by atoms with van der Waals surface area (Å²) in [7, 11) is 1.58. The van der Waals surface area contributed by atoms with Crippen LogP contribution in [0.1, 0.15) is 12.8 Å². The summed E-state index contributed by atoms with van der Waals surface area (Å²) in [6.07, 6.45) is 3.05. The number of carbonyl (C=O) groups is 1. The van der Waals surface area contributed by atoms with Crippen molar-refractivity contribution in [1.82, 2.24) is 4.90 Å². The van der Waals surface area contributed by atoms with Crippen molar-refractivity contribution in [2.75, 3.05) is 26.8 Å². The summed E-state index contributed by atoms with van der Waals surface area (Å²) in [5, 5.41) is 9.44. The van der Waals surface area contributed by atoms with Gasteiger partial charge < -0.3 is 14.6 Å². The molecule has 0 saturated carbocycles. The van der Waals surface area contributed by atoms with Gasteiger partial charge in [0.05, 0.1) is 12.5 Å². The molecule has 2 atom stereocenters. The number of nitrogens with zero attached hydrogens (tertiary/aromatic N) is 1.